The molecule has 0 aromatic rings. The van der Waals surface area contributed by atoms with Crippen LogP contribution in [0.15, 0.2) is 5.10 Å². The maximum atomic E-state index is 10.2. The second-order valence-electron chi connectivity index (χ2n) is 1.77. The van der Waals surface area contributed by atoms with Crippen LogP contribution in [0, 0.1) is 0 Å². The zero-order valence-electron chi connectivity index (χ0n) is 5.85. The third-order valence-corrected chi connectivity index (χ3v) is 0.731. The quantitative estimate of drug-likeness (QED) is 0.445. The molecule has 0 heterocycles. The van der Waals surface area contributed by atoms with Crippen LogP contribution in [0.2, 0.25) is 0 Å². The molecule has 0 aliphatic carbocycles. The fourth-order valence-corrected chi connectivity index (χ4v) is 0.330. The van der Waals surface area contributed by atoms with Crippen molar-refractivity contribution in [3.8, 4) is 0 Å². The van der Waals surface area contributed by atoms with Gasteiger partial charge in [0.2, 0.25) is 5.91 Å². The van der Waals surface area contributed by atoms with E-state index < -0.39 is 0 Å². The van der Waals surface area contributed by atoms with Gasteiger partial charge < -0.3 is 0 Å². The molecule has 0 aliphatic rings. The molecular formula is C6H12N2O. The Labute approximate surface area is 55.1 Å². The molecular weight excluding hydrogens is 116 g/mol. The van der Waals surface area contributed by atoms with Crippen LogP contribution >= 0.6 is 0 Å². The third-order valence-electron chi connectivity index (χ3n) is 0.731. The van der Waals surface area contributed by atoms with Gasteiger partial charge in [-0.25, -0.2) is 5.43 Å². The zero-order chi connectivity index (χ0) is 7.11. The summed E-state index contributed by atoms with van der Waals surface area (Å²) in [6.07, 6.45) is 3.67. The van der Waals surface area contributed by atoms with Crippen LogP contribution in [0.25, 0.3) is 0 Å². The Morgan fingerprint density at radius 1 is 1.78 bits per heavy atom. The molecule has 52 valence electrons. The molecule has 0 atom stereocenters. The molecule has 0 spiro atoms. The standard InChI is InChI=1S/C6H12N2O/c1-3-4-5-7-8-6(2)9/h5H,3-4H2,1-2H3,(H,8,9)/b7-5-. The molecule has 0 aromatic heterocycles. The fraction of sp³-hybridized carbons (Fsp3) is 0.667. The molecule has 0 fully saturated rings. The lowest BCUT2D eigenvalue weighted by molar-refractivity contribution is -0.118. The SMILES string of the molecule is CCC/C=N\NC(C)=O. The summed E-state index contributed by atoms with van der Waals surface area (Å²) < 4.78 is 0. The highest BCUT2D eigenvalue weighted by Gasteiger charge is 1.80. The van der Waals surface area contributed by atoms with Crippen molar-refractivity contribution in [1.82, 2.24) is 5.43 Å². The van der Waals surface area contributed by atoms with Crippen molar-refractivity contribution in [3.05, 3.63) is 0 Å². The number of hydrogen-bond donors (Lipinski definition) is 1. The van der Waals surface area contributed by atoms with Crippen molar-refractivity contribution in [2.24, 2.45) is 5.10 Å². The van der Waals surface area contributed by atoms with E-state index in [1.807, 2.05) is 0 Å². The maximum absolute atomic E-state index is 10.2. The lowest BCUT2D eigenvalue weighted by atomic mass is 10.4. The number of nitrogens with one attached hydrogen (secondary N) is 1. The summed E-state index contributed by atoms with van der Waals surface area (Å²) in [6.45, 7) is 3.49. The minimum atomic E-state index is -0.123. The second kappa shape index (κ2) is 5.28. The summed E-state index contributed by atoms with van der Waals surface area (Å²) in [6, 6.07) is 0. The first kappa shape index (κ1) is 8.14. The molecule has 0 aliphatic heterocycles. The Hall–Kier alpha value is -0.860. The van der Waals surface area contributed by atoms with E-state index in [0.717, 1.165) is 12.8 Å². The van der Waals surface area contributed by atoms with Gasteiger partial charge in [-0.2, -0.15) is 5.10 Å². The van der Waals surface area contributed by atoms with E-state index in [0.29, 0.717) is 0 Å². The van der Waals surface area contributed by atoms with E-state index in [-0.39, 0.29) is 5.91 Å². The van der Waals surface area contributed by atoms with Crippen LogP contribution in [0.1, 0.15) is 26.7 Å². The minimum absolute atomic E-state index is 0.123. The van der Waals surface area contributed by atoms with Gasteiger partial charge >= 0.3 is 0 Å². The molecule has 3 heteroatoms. The molecule has 1 amide bonds. The van der Waals surface area contributed by atoms with Crippen LogP contribution < -0.4 is 5.43 Å². The number of amides is 1. The lowest BCUT2D eigenvalue weighted by Gasteiger charge is -1.88. The van der Waals surface area contributed by atoms with Gasteiger partial charge in [-0.3, -0.25) is 4.79 Å². The Morgan fingerprint density at radius 2 is 2.44 bits per heavy atom. The van der Waals surface area contributed by atoms with Gasteiger partial charge in [0.1, 0.15) is 0 Å². The smallest absolute Gasteiger partial charge is 0.236 e. The second-order valence-corrected chi connectivity index (χ2v) is 1.77. The topological polar surface area (TPSA) is 41.5 Å². The molecule has 0 saturated carbocycles. The van der Waals surface area contributed by atoms with Crippen molar-refractivity contribution in [3.63, 3.8) is 0 Å². The highest BCUT2D eigenvalue weighted by molar-refractivity contribution is 5.73. The molecule has 3 nitrogen and oxygen atoms in total. The first-order valence-electron chi connectivity index (χ1n) is 3.05. The largest absolute Gasteiger partial charge is 0.274 e. The normalized spacial score (nSPS) is 10.0. The van der Waals surface area contributed by atoms with Gasteiger partial charge in [0.25, 0.3) is 0 Å². The average molecular weight is 128 g/mol. The lowest BCUT2D eigenvalue weighted by Crippen LogP contribution is -2.11. The van der Waals surface area contributed by atoms with Crippen LogP contribution in [0.4, 0.5) is 0 Å². The summed E-state index contributed by atoms with van der Waals surface area (Å²) in [4.78, 5) is 10.2. The Morgan fingerprint density at radius 3 is 2.89 bits per heavy atom. The number of unbranched alkanes of at least 4 members (excludes halogenated alkanes) is 1. The fourth-order valence-electron chi connectivity index (χ4n) is 0.330. The zero-order valence-corrected chi connectivity index (χ0v) is 5.85. The number of carbonyl (C=O) groups excluding carboxylic acids is 1. The van der Waals surface area contributed by atoms with Gasteiger partial charge in [0, 0.05) is 13.1 Å². The molecule has 0 aromatic carbocycles. The molecule has 0 rings (SSSR count). The summed E-state index contributed by atoms with van der Waals surface area (Å²) in [5, 5.41) is 3.64. The summed E-state index contributed by atoms with van der Waals surface area (Å²) >= 11 is 0. The van der Waals surface area contributed by atoms with E-state index in [9.17, 15) is 4.79 Å². The van der Waals surface area contributed by atoms with Gasteiger partial charge in [-0.1, -0.05) is 13.3 Å². The van der Waals surface area contributed by atoms with Crippen molar-refractivity contribution in [2.45, 2.75) is 26.7 Å². The number of nitrogens with zero attached hydrogens (tertiary/aromatic N) is 1. The van der Waals surface area contributed by atoms with Crippen LogP contribution in [-0.4, -0.2) is 12.1 Å². The molecule has 1 N–H and O–H groups in total. The van der Waals surface area contributed by atoms with Crippen LogP contribution in [-0.2, 0) is 4.79 Å². The van der Waals surface area contributed by atoms with Crippen molar-refractivity contribution in [2.75, 3.05) is 0 Å². The average Bonchev–Trinajstić information content (AvgIpc) is 1.80. The molecule has 0 saturated heterocycles. The number of hydrazone groups is 1. The predicted molar refractivity (Wildman–Crippen MR) is 37.2 cm³/mol. The van der Waals surface area contributed by atoms with E-state index in [1.54, 1.807) is 6.21 Å². The molecule has 0 bridgehead atoms. The number of hydrogen-bond acceptors (Lipinski definition) is 2. The van der Waals surface area contributed by atoms with Crippen molar-refractivity contribution >= 4 is 12.1 Å². The third kappa shape index (κ3) is 7.14. The van der Waals surface area contributed by atoms with E-state index >= 15 is 0 Å². The van der Waals surface area contributed by atoms with Crippen LogP contribution in [0.5, 0.6) is 0 Å². The Bertz CT molecular complexity index is 110. The minimum Gasteiger partial charge on any atom is -0.274 e. The predicted octanol–water partition coefficient (Wildman–Crippen LogP) is 0.908. The first-order chi connectivity index (χ1) is 4.27. The van der Waals surface area contributed by atoms with Gasteiger partial charge in [0.05, 0.1) is 0 Å². The molecule has 0 radical (unpaired) electrons. The Kier molecular flexibility index (Phi) is 4.78. The number of rotatable bonds is 3. The van der Waals surface area contributed by atoms with Gasteiger partial charge in [-0.05, 0) is 6.42 Å². The van der Waals surface area contributed by atoms with E-state index in [2.05, 4.69) is 17.5 Å². The maximum Gasteiger partial charge on any atom is 0.236 e. The highest BCUT2D eigenvalue weighted by atomic mass is 16.2. The highest BCUT2D eigenvalue weighted by Crippen LogP contribution is 1.78. The first-order valence-corrected chi connectivity index (χ1v) is 3.05. The summed E-state index contributed by atoms with van der Waals surface area (Å²) in [5.74, 6) is -0.123. The van der Waals surface area contributed by atoms with E-state index in [4.69, 9.17) is 0 Å². The molecule has 9 heavy (non-hydrogen) atoms. The van der Waals surface area contributed by atoms with Gasteiger partial charge in [0.15, 0.2) is 0 Å². The van der Waals surface area contributed by atoms with Crippen LogP contribution in [0.3, 0.4) is 0 Å². The van der Waals surface area contributed by atoms with Crippen molar-refractivity contribution < 1.29 is 4.79 Å². The molecule has 0 unspecified atom stereocenters. The van der Waals surface area contributed by atoms with Gasteiger partial charge in [-0.15, -0.1) is 0 Å². The monoisotopic (exact) mass is 128 g/mol. The Balaban J connectivity index is 3.14. The summed E-state index contributed by atoms with van der Waals surface area (Å²) in [7, 11) is 0. The van der Waals surface area contributed by atoms with E-state index in [1.165, 1.54) is 6.92 Å². The summed E-state index contributed by atoms with van der Waals surface area (Å²) in [5.41, 5.74) is 2.31. The number of carbonyl (C=O) groups is 1. The van der Waals surface area contributed by atoms with Crippen molar-refractivity contribution in [1.29, 1.82) is 0 Å².